The Morgan fingerprint density at radius 1 is 1.38 bits per heavy atom. The van der Waals surface area contributed by atoms with Gasteiger partial charge in [0.25, 0.3) is 0 Å². The van der Waals surface area contributed by atoms with Gasteiger partial charge < -0.3 is 10.1 Å². The van der Waals surface area contributed by atoms with Crippen LogP contribution >= 0.6 is 23.2 Å². The monoisotopic (exact) mass is 259 g/mol. The van der Waals surface area contributed by atoms with Gasteiger partial charge in [-0.05, 0) is 31.0 Å². The summed E-state index contributed by atoms with van der Waals surface area (Å²) < 4.78 is 5.33. The Morgan fingerprint density at radius 3 is 2.81 bits per heavy atom. The summed E-state index contributed by atoms with van der Waals surface area (Å²) >= 11 is 11.9. The predicted octanol–water partition coefficient (Wildman–Crippen LogP) is 3.43. The first kappa shape index (κ1) is 12.2. The van der Waals surface area contributed by atoms with E-state index in [4.69, 9.17) is 27.9 Å². The van der Waals surface area contributed by atoms with Crippen molar-refractivity contribution in [2.75, 3.05) is 13.2 Å². The minimum atomic E-state index is 0.265. The molecule has 1 aliphatic rings. The smallest absolute Gasteiger partial charge is 0.0620 e. The van der Waals surface area contributed by atoms with Gasteiger partial charge in [-0.2, -0.15) is 0 Å². The van der Waals surface area contributed by atoms with E-state index in [0.717, 1.165) is 25.2 Å². The molecule has 1 aliphatic heterocycles. The van der Waals surface area contributed by atoms with Gasteiger partial charge >= 0.3 is 0 Å². The Labute approximate surface area is 106 Å². The van der Waals surface area contributed by atoms with Crippen LogP contribution in [-0.2, 0) is 4.74 Å². The Morgan fingerprint density at radius 2 is 2.19 bits per heavy atom. The van der Waals surface area contributed by atoms with Gasteiger partial charge in [0.05, 0.1) is 16.7 Å². The molecular formula is C12H15Cl2NO. The van der Waals surface area contributed by atoms with Crippen LogP contribution in [-0.4, -0.2) is 19.3 Å². The van der Waals surface area contributed by atoms with Crippen LogP contribution in [0.2, 0.25) is 10.0 Å². The molecule has 1 N–H and O–H groups in total. The van der Waals surface area contributed by atoms with E-state index in [1.165, 1.54) is 0 Å². The van der Waals surface area contributed by atoms with Crippen LogP contribution in [0.5, 0.6) is 0 Å². The Balaban J connectivity index is 2.02. The minimum Gasteiger partial charge on any atom is -0.380 e. The number of benzene rings is 1. The molecule has 0 bridgehead atoms. The zero-order valence-corrected chi connectivity index (χ0v) is 10.7. The molecule has 0 saturated carbocycles. The summed E-state index contributed by atoms with van der Waals surface area (Å²) in [6.07, 6.45) is 1.08. The summed E-state index contributed by atoms with van der Waals surface area (Å²) in [6, 6.07) is 6.47. The molecule has 0 aliphatic carbocycles. The maximum Gasteiger partial charge on any atom is 0.0620 e. The van der Waals surface area contributed by atoms with Crippen molar-refractivity contribution in [2.24, 2.45) is 0 Å². The molecule has 1 aromatic rings. The van der Waals surface area contributed by atoms with Crippen molar-refractivity contribution >= 4 is 23.2 Å². The fraction of sp³-hybridized carbons (Fsp3) is 0.500. The van der Waals surface area contributed by atoms with Gasteiger partial charge in [0.2, 0.25) is 0 Å². The van der Waals surface area contributed by atoms with Gasteiger partial charge in [-0.1, -0.05) is 29.3 Å². The predicted molar refractivity (Wildman–Crippen MR) is 67.2 cm³/mol. The highest BCUT2D eigenvalue weighted by Gasteiger charge is 2.18. The minimum absolute atomic E-state index is 0.265. The molecule has 1 heterocycles. The molecule has 0 amide bonds. The van der Waals surface area contributed by atoms with Crippen molar-refractivity contribution in [1.82, 2.24) is 5.32 Å². The second-order valence-corrected chi connectivity index (χ2v) is 4.94. The molecule has 16 heavy (non-hydrogen) atoms. The third-order valence-corrected chi connectivity index (χ3v) is 3.60. The molecule has 2 nitrogen and oxygen atoms in total. The van der Waals surface area contributed by atoms with E-state index < -0.39 is 0 Å². The van der Waals surface area contributed by atoms with Crippen molar-refractivity contribution in [2.45, 2.75) is 25.4 Å². The van der Waals surface area contributed by atoms with E-state index in [0.29, 0.717) is 16.1 Å². The van der Waals surface area contributed by atoms with E-state index >= 15 is 0 Å². The highest BCUT2D eigenvalue weighted by atomic mass is 35.5. The van der Waals surface area contributed by atoms with Crippen LogP contribution < -0.4 is 5.32 Å². The van der Waals surface area contributed by atoms with E-state index in [1.807, 2.05) is 18.2 Å². The number of ether oxygens (including phenoxy) is 1. The molecule has 0 spiro atoms. The topological polar surface area (TPSA) is 21.3 Å². The zero-order valence-electron chi connectivity index (χ0n) is 9.17. The SMILES string of the molecule is CC(NC1CCOC1)c1ccc(Cl)c(Cl)c1. The fourth-order valence-electron chi connectivity index (χ4n) is 1.90. The third kappa shape index (κ3) is 2.89. The fourth-order valence-corrected chi connectivity index (χ4v) is 2.20. The van der Waals surface area contributed by atoms with E-state index in [2.05, 4.69) is 12.2 Å². The molecular weight excluding hydrogens is 245 g/mol. The number of hydrogen-bond donors (Lipinski definition) is 1. The molecule has 1 saturated heterocycles. The summed E-state index contributed by atoms with van der Waals surface area (Å²) in [5.41, 5.74) is 1.15. The lowest BCUT2D eigenvalue weighted by Gasteiger charge is -2.19. The molecule has 2 rings (SSSR count). The summed E-state index contributed by atoms with van der Waals surface area (Å²) in [5.74, 6) is 0. The summed E-state index contributed by atoms with van der Waals surface area (Å²) in [5, 5.41) is 4.72. The van der Waals surface area contributed by atoms with Crippen LogP contribution in [0.3, 0.4) is 0 Å². The average molecular weight is 260 g/mol. The number of rotatable bonds is 3. The number of halogens is 2. The molecule has 1 fully saturated rings. The number of nitrogens with one attached hydrogen (secondary N) is 1. The van der Waals surface area contributed by atoms with Gasteiger partial charge in [0.15, 0.2) is 0 Å². The van der Waals surface area contributed by atoms with Crippen LogP contribution in [0.15, 0.2) is 18.2 Å². The largest absolute Gasteiger partial charge is 0.380 e. The van der Waals surface area contributed by atoms with Crippen LogP contribution in [0, 0.1) is 0 Å². The lowest BCUT2D eigenvalue weighted by atomic mass is 10.1. The van der Waals surface area contributed by atoms with Crippen molar-refractivity contribution < 1.29 is 4.74 Å². The van der Waals surface area contributed by atoms with Crippen molar-refractivity contribution in [1.29, 1.82) is 0 Å². The summed E-state index contributed by atoms with van der Waals surface area (Å²) in [6.45, 7) is 3.77. The molecule has 2 unspecified atom stereocenters. The van der Waals surface area contributed by atoms with Crippen LogP contribution in [0.4, 0.5) is 0 Å². The maximum absolute atomic E-state index is 5.99. The quantitative estimate of drug-likeness (QED) is 0.898. The standard InChI is InChI=1S/C12H15Cl2NO/c1-8(15-10-4-5-16-7-10)9-2-3-11(13)12(14)6-9/h2-3,6,8,10,15H,4-5,7H2,1H3. The Hall–Kier alpha value is -0.280. The second kappa shape index (κ2) is 5.37. The summed E-state index contributed by atoms with van der Waals surface area (Å²) in [4.78, 5) is 0. The number of hydrogen-bond acceptors (Lipinski definition) is 2. The molecule has 0 radical (unpaired) electrons. The van der Waals surface area contributed by atoms with E-state index in [9.17, 15) is 0 Å². The zero-order chi connectivity index (χ0) is 11.5. The van der Waals surface area contributed by atoms with Gasteiger partial charge in [0.1, 0.15) is 0 Å². The highest BCUT2D eigenvalue weighted by molar-refractivity contribution is 6.42. The first-order valence-corrected chi connectivity index (χ1v) is 6.21. The molecule has 88 valence electrons. The van der Waals surface area contributed by atoms with E-state index in [-0.39, 0.29) is 6.04 Å². The molecule has 1 aromatic carbocycles. The molecule has 4 heteroatoms. The Kier molecular flexibility index (Phi) is 4.09. The highest BCUT2D eigenvalue weighted by Crippen LogP contribution is 2.26. The third-order valence-electron chi connectivity index (χ3n) is 2.86. The second-order valence-electron chi connectivity index (χ2n) is 4.12. The Bertz CT molecular complexity index is 364. The van der Waals surface area contributed by atoms with Gasteiger partial charge in [-0.25, -0.2) is 0 Å². The first-order chi connectivity index (χ1) is 7.66. The first-order valence-electron chi connectivity index (χ1n) is 5.45. The van der Waals surface area contributed by atoms with Gasteiger partial charge in [-0.3, -0.25) is 0 Å². The van der Waals surface area contributed by atoms with Crippen LogP contribution in [0.25, 0.3) is 0 Å². The van der Waals surface area contributed by atoms with Gasteiger partial charge in [-0.15, -0.1) is 0 Å². The van der Waals surface area contributed by atoms with E-state index in [1.54, 1.807) is 0 Å². The molecule has 2 atom stereocenters. The van der Waals surface area contributed by atoms with Crippen molar-refractivity contribution in [3.63, 3.8) is 0 Å². The van der Waals surface area contributed by atoms with Crippen LogP contribution in [0.1, 0.15) is 24.9 Å². The van der Waals surface area contributed by atoms with Crippen molar-refractivity contribution in [3.8, 4) is 0 Å². The lowest BCUT2D eigenvalue weighted by Crippen LogP contribution is -2.31. The lowest BCUT2D eigenvalue weighted by molar-refractivity contribution is 0.188. The van der Waals surface area contributed by atoms with Gasteiger partial charge in [0, 0.05) is 18.7 Å². The molecule has 0 aromatic heterocycles. The normalized spacial score (nSPS) is 22.3. The van der Waals surface area contributed by atoms with Crippen molar-refractivity contribution in [3.05, 3.63) is 33.8 Å². The maximum atomic E-state index is 5.99. The summed E-state index contributed by atoms with van der Waals surface area (Å²) in [7, 11) is 0. The average Bonchev–Trinajstić information content (AvgIpc) is 2.74.